The second-order valence-corrected chi connectivity index (χ2v) is 4.07. The monoisotopic (exact) mass is 273 g/mol. The van der Waals surface area contributed by atoms with Crippen molar-refractivity contribution in [2.45, 2.75) is 20.0 Å². The zero-order valence-electron chi connectivity index (χ0n) is 10.7. The van der Waals surface area contributed by atoms with E-state index >= 15 is 0 Å². The number of nitriles is 1. The van der Waals surface area contributed by atoms with Crippen molar-refractivity contribution in [3.05, 3.63) is 28.8 Å². The Morgan fingerprint density at radius 3 is 2.21 bits per heavy atom. The molecule has 0 spiro atoms. The van der Waals surface area contributed by atoms with Crippen molar-refractivity contribution in [3.8, 4) is 11.8 Å². The molecule has 0 radical (unpaired) electrons. The molecule has 0 saturated carbocycles. The van der Waals surface area contributed by atoms with E-state index in [0.29, 0.717) is 11.3 Å². The number of hydrogen-bond donors (Lipinski definition) is 0. The fourth-order valence-electron chi connectivity index (χ4n) is 1.63. The molecule has 19 heavy (non-hydrogen) atoms. The molecule has 0 saturated heterocycles. The van der Waals surface area contributed by atoms with E-state index in [2.05, 4.69) is 4.74 Å². The number of hydrogen-bond acceptors (Lipinski definition) is 3. The maximum absolute atomic E-state index is 11.8. The predicted molar refractivity (Wildman–Crippen MR) is 63.0 cm³/mol. The summed E-state index contributed by atoms with van der Waals surface area (Å²) in [4.78, 5) is 0. The largest absolute Gasteiger partial charge is 0.491 e. The van der Waals surface area contributed by atoms with Crippen molar-refractivity contribution < 1.29 is 22.6 Å². The van der Waals surface area contributed by atoms with E-state index in [-0.39, 0.29) is 13.2 Å². The Morgan fingerprint density at radius 1 is 1.16 bits per heavy atom. The molecular weight excluding hydrogens is 259 g/mol. The Labute approximate surface area is 109 Å². The van der Waals surface area contributed by atoms with Crippen molar-refractivity contribution in [2.75, 3.05) is 19.8 Å². The number of benzene rings is 1. The van der Waals surface area contributed by atoms with Gasteiger partial charge < -0.3 is 9.47 Å². The molecule has 0 fully saturated rings. The summed E-state index contributed by atoms with van der Waals surface area (Å²) in [5.41, 5.74) is 2.07. The summed E-state index contributed by atoms with van der Waals surface area (Å²) in [5.74, 6) is 0.578. The summed E-state index contributed by atoms with van der Waals surface area (Å²) >= 11 is 0. The standard InChI is InChI=1S/C13H14F3NO2/c1-9-5-11(7-17)6-10(2)12(9)19-4-3-18-8-13(14,15)16/h5-6H,3-4,8H2,1-2H3. The van der Waals surface area contributed by atoms with Gasteiger partial charge in [0.15, 0.2) is 0 Å². The van der Waals surface area contributed by atoms with Crippen molar-refractivity contribution in [1.82, 2.24) is 0 Å². The second kappa shape index (κ2) is 6.43. The highest BCUT2D eigenvalue weighted by atomic mass is 19.4. The lowest BCUT2D eigenvalue weighted by molar-refractivity contribution is -0.175. The van der Waals surface area contributed by atoms with E-state index in [4.69, 9.17) is 10.00 Å². The second-order valence-electron chi connectivity index (χ2n) is 4.07. The summed E-state index contributed by atoms with van der Waals surface area (Å²) < 4.78 is 45.3. The molecule has 0 bridgehead atoms. The smallest absolute Gasteiger partial charge is 0.411 e. The first-order chi connectivity index (χ1) is 8.83. The summed E-state index contributed by atoms with van der Waals surface area (Å²) in [6.45, 7) is 2.17. The van der Waals surface area contributed by atoms with Crippen molar-refractivity contribution in [1.29, 1.82) is 5.26 Å². The van der Waals surface area contributed by atoms with Gasteiger partial charge in [-0.3, -0.25) is 0 Å². The Balaban J connectivity index is 2.49. The minimum Gasteiger partial charge on any atom is -0.491 e. The summed E-state index contributed by atoms with van der Waals surface area (Å²) in [7, 11) is 0. The van der Waals surface area contributed by atoms with Crippen LogP contribution in [0.5, 0.6) is 5.75 Å². The minimum atomic E-state index is -4.32. The molecule has 0 N–H and O–H groups in total. The van der Waals surface area contributed by atoms with Crippen molar-refractivity contribution >= 4 is 0 Å². The van der Waals surface area contributed by atoms with E-state index in [1.165, 1.54) is 0 Å². The van der Waals surface area contributed by atoms with Crippen LogP contribution in [0.3, 0.4) is 0 Å². The first-order valence-electron chi connectivity index (χ1n) is 5.62. The van der Waals surface area contributed by atoms with Crippen LogP contribution in [-0.4, -0.2) is 26.0 Å². The van der Waals surface area contributed by atoms with Crippen molar-refractivity contribution in [3.63, 3.8) is 0 Å². The highest BCUT2D eigenvalue weighted by Crippen LogP contribution is 2.24. The van der Waals surface area contributed by atoms with Gasteiger partial charge in [0.05, 0.1) is 18.2 Å². The summed E-state index contributed by atoms with van der Waals surface area (Å²) in [6.07, 6.45) is -4.32. The van der Waals surface area contributed by atoms with Crippen LogP contribution < -0.4 is 4.74 Å². The molecule has 104 valence electrons. The Morgan fingerprint density at radius 2 is 1.74 bits per heavy atom. The Hall–Kier alpha value is -1.74. The fraction of sp³-hybridized carbons (Fsp3) is 0.462. The maximum atomic E-state index is 11.8. The van der Waals surface area contributed by atoms with Gasteiger partial charge in [-0.25, -0.2) is 0 Å². The van der Waals surface area contributed by atoms with Crippen LogP contribution in [0, 0.1) is 25.2 Å². The van der Waals surface area contributed by atoms with Crippen LogP contribution in [0.4, 0.5) is 13.2 Å². The van der Waals surface area contributed by atoms with Crippen LogP contribution in [0.25, 0.3) is 0 Å². The summed E-state index contributed by atoms with van der Waals surface area (Å²) in [6, 6.07) is 5.35. The minimum absolute atomic E-state index is 0.0314. The number of halogens is 3. The third-order valence-corrected chi connectivity index (χ3v) is 2.33. The van der Waals surface area contributed by atoms with E-state index in [1.807, 2.05) is 6.07 Å². The number of ether oxygens (including phenoxy) is 2. The highest BCUT2D eigenvalue weighted by molar-refractivity contribution is 5.47. The van der Waals surface area contributed by atoms with Gasteiger partial charge in [0, 0.05) is 0 Å². The lowest BCUT2D eigenvalue weighted by atomic mass is 10.1. The van der Waals surface area contributed by atoms with Gasteiger partial charge in [-0.1, -0.05) is 0 Å². The number of aryl methyl sites for hydroxylation is 2. The van der Waals surface area contributed by atoms with Gasteiger partial charge in [0.2, 0.25) is 0 Å². The normalized spacial score (nSPS) is 11.2. The molecule has 0 atom stereocenters. The van der Waals surface area contributed by atoms with Crippen LogP contribution >= 0.6 is 0 Å². The highest BCUT2D eigenvalue weighted by Gasteiger charge is 2.27. The van der Waals surface area contributed by atoms with Gasteiger partial charge in [-0.05, 0) is 37.1 Å². The average molecular weight is 273 g/mol. The molecule has 0 aliphatic rings. The average Bonchev–Trinajstić information content (AvgIpc) is 2.30. The van der Waals surface area contributed by atoms with E-state index in [1.54, 1.807) is 26.0 Å². The molecule has 0 aromatic heterocycles. The molecule has 0 aliphatic carbocycles. The third kappa shape index (κ3) is 5.18. The molecule has 0 aliphatic heterocycles. The van der Waals surface area contributed by atoms with E-state index < -0.39 is 12.8 Å². The molecule has 0 unspecified atom stereocenters. The van der Waals surface area contributed by atoms with Crippen LogP contribution in [-0.2, 0) is 4.74 Å². The van der Waals surface area contributed by atoms with Gasteiger partial charge in [-0.15, -0.1) is 0 Å². The molecule has 1 aromatic rings. The molecule has 3 nitrogen and oxygen atoms in total. The first-order valence-corrected chi connectivity index (χ1v) is 5.62. The predicted octanol–water partition coefficient (Wildman–Crippen LogP) is 3.13. The zero-order valence-corrected chi connectivity index (χ0v) is 10.7. The zero-order chi connectivity index (χ0) is 14.5. The SMILES string of the molecule is Cc1cc(C#N)cc(C)c1OCCOCC(F)(F)F. The Bertz CT molecular complexity index is 455. The maximum Gasteiger partial charge on any atom is 0.411 e. The quantitative estimate of drug-likeness (QED) is 0.774. The lowest BCUT2D eigenvalue weighted by Crippen LogP contribution is -2.19. The number of alkyl halides is 3. The number of nitrogens with zero attached hydrogens (tertiary/aromatic N) is 1. The fourth-order valence-corrected chi connectivity index (χ4v) is 1.63. The molecular formula is C13H14F3NO2. The van der Waals surface area contributed by atoms with Gasteiger partial charge in [-0.2, -0.15) is 18.4 Å². The topological polar surface area (TPSA) is 42.2 Å². The molecule has 0 heterocycles. The third-order valence-electron chi connectivity index (χ3n) is 2.33. The summed E-state index contributed by atoms with van der Waals surface area (Å²) in [5, 5.41) is 8.78. The lowest BCUT2D eigenvalue weighted by Gasteiger charge is -2.13. The van der Waals surface area contributed by atoms with Gasteiger partial charge in [0.1, 0.15) is 19.0 Å². The molecule has 1 rings (SSSR count). The molecule has 1 aromatic carbocycles. The van der Waals surface area contributed by atoms with Crippen LogP contribution in [0.15, 0.2) is 12.1 Å². The molecule has 6 heteroatoms. The molecule has 0 amide bonds. The van der Waals surface area contributed by atoms with Crippen LogP contribution in [0.1, 0.15) is 16.7 Å². The first kappa shape index (κ1) is 15.3. The van der Waals surface area contributed by atoms with E-state index in [0.717, 1.165) is 11.1 Å². The van der Waals surface area contributed by atoms with E-state index in [9.17, 15) is 13.2 Å². The van der Waals surface area contributed by atoms with Crippen LogP contribution in [0.2, 0.25) is 0 Å². The Kier molecular flexibility index (Phi) is 5.19. The number of rotatable bonds is 5. The van der Waals surface area contributed by atoms with Crippen molar-refractivity contribution in [2.24, 2.45) is 0 Å². The van der Waals surface area contributed by atoms with Gasteiger partial charge >= 0.3 is 6.18 Å². The van der Waals surface area contributed by atoms with Gasteiger partial charge in [0.25, 0.3) is 0 Å².